The molecule has 0 amide bonds. The van der Waals surface area contributed by atoms with Crippen molar-refractivity contribution in [1.29, 1.82) is 0 Å². The van der Waals surface area contributed by atoms with E-state index < -0.39 is 11.6 Å². The number of aromatic nitrogens is 1. The van der Waals surface area contributed by atoms with Crippen LogP contribution in [0.1, 0.15) is 27.2 Å². The molecule has 1 rings (SSSR count). The lowest BCUT2D eigenvalue weighted by atomic mass is 9.90. The number of aliphatic hydroxyl groups excluding tert-OH is 1. The van der Waals surface area contributed by atoms with E-state index in [1.165, 1.54) is 0 Å². The Kier molecular flexibility index (Phi) is 5.47. The predicted octanol–water partition coefficient (Wildman–Crippen LogP) is 2.61. The van der Waals surface area contributed by atoms with Crippen molar-refractivity contribution in [3.8, 4) is 0 Å². The van der Waals surface area contributed by atoms with Crippen LogP contribution < -0.4 is 10.6 Å². The highest BCUT2D eigenvalue weighted by Crippen LogP contribution is 2.23. The Labute approximate surface area is 112 Å². The Balaban J connectivity index is 2.80. The molecule has 0 aromatic carbocycles. The maximum Gasteiger partial charge on any atom is 0.168 e. The van der Waals surface area contributed by atoms with Crippen LogP contribution in [0.2, 0.25) is 0 Å². The molecule has 0 bridgehead atoms. The third-order valence-electron chi connectivity index (χ3n) is 2.80. The van der Waals surface area contributed by atoms with Gasteiger partial charge in [0.1, 0.15) is 0 Å². The number of anilines is 2. The van der Waals surface area contributed by atoms with Crippen molar-refractivity contribution in [2.45, 2.75) is 27.2 Å². The van der Waals surface area contributed by atoms with Crippen molar-refractivity contribution in [3.63, 3.8) is 0 Å². The number of nitrogens with one attached hydrogen (secondary N) is 2. The fourth-order valence-electron chi connectivity index (χ4n) is 1.60. The first-order chi connectivity index (χ1) is 8.89. The molecule has 4 nitrogen and oxygen atoms in total. The molecule has 3 N–H and O–H groups in total. The first kappa shape index (κ1) is 15.6. The van der Waals surface area contributed by atoms with Crippen molar-refractivity contribution >= 4 is 11.6 Å². The first-order valence-electron chi connectivity index (χ1n) is 6.34. The van der Waals surface area contributed by atoms with E-state index >= 15 is 0 Å². The van der Waals surface area contributed by atoms with Crippen molar-refractivity contribution in [1.82, 2.24) is 4.98 Å². The van der Waals surface area contributed by atoms with Crippen LogP contribution in [0.25, 0.3) is 0 Å². The average molecular weight is 273 g/mol. The van der Waals surface area contributed by atoms with Crippen molar-refractivity contribution in [2.75, 3.05) is 30.3 Å². The lowest BCUT2D eigenvalue weighted by molar-refractivity contribution is 0.220. The van der Waals surface area contributed by atoms with Gasteiger partial charge in [0, 0.05) is 25.8 Å². The molecule has 6 heteroatoms. The molecular weight excluding hydrogens is 252 g/mol. The molecule has 0 aliphatic carbocycles. The maximum absolute atomic E-state index is 13.6. The van der Waals surface area contributed by atoms with Crippen molar-refractivity contribution in [2.24, 2.45) is 5.41 Å². The Morgan fingerprint density at radius 3 is 2.32 bits per heavy atom. The van der Waals surface area contributed by atoms with Crippen LogP contribution in [-0.4, -0.2) is 29.8 Å². The van der Waals surface area contributed by atoms with E-state index in [1.807, 2.05) is 20.8 Å². The lowest BCUT2D eigenvalue weighted by Gasteiger charge is -2.24. The molecule has 0 saturated carbocycles. The van der Waals surface area contributed by atoms with E-state index in [4.69, 9.17) is 5.11 Å². The number of rotatable bonds is 7. The maximum atomic E-state index is 13.6. The van der Waals surface area contributed by atoms with Crippen LogP contribution in [0.5, 0.6) is 0 Å². The summed E-state index contributed by atoms with van der Waals surface area (Å²) in [7, 11) is 0. The van der Waals surface area contributed by atoms with Crippen LogP contribution >= 0.6 is 0 Å². The van der Waals surface area contributed by atoms with Crippen LogP contribution in [-0.2, 0) is 0 Å². The van der Waals surface area contributed by atoms with Crippen LogP contribution in [0.15, 0.2) is 6.07 Å². The fraction of sp³-hybridized carbons (Fsp3) is 0.615. The quantitative estimate of drug-likeness (QED) is 0.715. The van der Waals surface area contributed by atoms with Gasteiger partial charge < -0.3 is 15.7 Å². The summed E-state index contributed by atoms with van der Waals surface area (Å²) in [5, 5.41) is 14.5. The smallest absolute Gasteiger partial charge is 0.168 e. The van der Waals surface area contributed by atoms with E-state index in [2.05, 4.69) is 15.6 Å². The average Bonchev–Trinajstić information content (AvgIpc) is 2.31. The zero-order chi connectivity index (χ0) is 14.5. The molecule has 0 aliphatic heterocycles. The van der Waals surface area contributed by atoms with Gasteiger partial charge in [-0.2, -0.15) is 0 Å². The van der Waals surface area contributed by atoms with Gasteiger partial charge in [-0.25, -0.2) is 13.8 Å². The highest BCUT2D eigenvalue weighted by molar-refractivity contribution is 5.47. The second-order valence-electron chi connectivity index (χ2n) is 5.17. The van der Waals surface area contributed by atoms with Gasteiger partial charge >= 0.3 is 0 Å². The highest BCUT2D eigenvalue weighted by Gasteiger charge is 2.19. The van der Waals surface area contributed by atoms with Gasteiger partial charge in [0.05, 0.1) is 0 Å². The predicted molar refractivity (Wildman–Crippen MR) is 72.3 cm³/mol. The van der Waals surface area contributed by atoms with E-state index in [9.17, 15) is 8.78 Å². The van der Waals surface area contributed by atoms with Crippen molar-refractivity contribution < 1.29 is 13.9 Å². The van der Waals surface area contributed by atoms with Gasteiger partial charge in [-0.15, -0.1) is 0 Å². The number of pyridine rings is 1. The van der Waals surface area contributed by atoms with Gasteiger partial charge in [0.15, 0.2) is 23.3 Å². The van der Waals surface area contributed by atoms with Crippen LogP contribution in [0, 0.1) is 17.0 Å². The van der Waals surface area contributed by atoms with E-state index in [0.29, 0.717) is 19.5 Å². The zero-order valence-electron chi connectivity index (χ0n) is 11.6. The number of aliphatic hydroxyl groups is 1. The summed E-state index contributed by atoms with van der Waals surface area (Å²) in [6.07, 6.45) is 0.586. The minimum absolute atomic E-state index is 0.0170. The Morgan fingerprint density at radius 1 is 1.21 bits per heavy atom. The first-order valence-corrected chi connectivity index (χ1v) is 6.34. The number of halogens is 2. The van der Waals surface area contributed by atoms with Gasteiger partial charge in [0.25, 0.3) is 0 Å². The molecule has 19 heavy (non-hydrogen) atoms. The summed E-state index contributed by atoms with van der Waals surface area (Å²) < 4.78 is 27.0. The molecule has 0 unspecified atom stereocenters. The Morgan fingerprint density at radius 2 is 1.79 bits per heavy atom. The zero-order valence-corrected chi connectivity index (χ0v) is 11.6. The topological polar surface area (TPSA) is 57.2 Å². The minimum Gasteiger partial charge on any atom is -0.396 e. The molecule has 108 valence electrons. The molecule has 0 aliphatic rings. The summed E-state index contributed by atoms with van der Waals surface area (Å²) in [6.45, 7) is 6.71. The monoisotopic (exact) mass is 273 g/mol. The molecule has 1 aromatic heterocycles. The molecular formula is C13H21F2N3O. The molecule has 0 atom stereocenters. The lowest BCUT2D eigenvalue weighted by Crippen LogP contribution is -2.25. The van der Waals surface area contributed by atoms with Crippen LogP contribution in [0.3, 0.4) is 0 Å². The van der Waals surface area contributed by atoms with Gasteiger partial charge in [-0.3, -0.25) is 0 Å². The third kappa shape index (κ3) is 4.63. The largest absolute Gasteiger partial charge is 0.396 e. The number of hydrogen-bond donors (Lipinski definition) is 3. The molecule has 1 aromatic rings. The SMILES string of the molecule is CCNc1nc(NCC(C)(C)CCO)c(F)cc1F. The molecule has 0 spiro atoms. The second kappa shape index (κ2) is 6.65. The molecule has 0 radical (unpaired) electrons. The number of nitrogens with zero attached hydrogens (tertiary/aromatic N) is 1. The summed E-state index contributed by atoms with van der Waals surface area (Å²) >= 11 is 0. The minimum atomic E-state index is -0.723. The van der Waals surface area contributed by atoms with Crippen LogP contribution in [0.4, 0.5) is 20.4 Å². The standard InChI is InChI=1S/C13H21F2N3O/c1-4-16-11-9(14)7-10(15)12(18-11)17-8-13(2,3)5-6-19/h7,19H,4-6,8H2,1-3H3,(H2,16,17,18). The highest BCUT2D eigenvalue weighted by atomic mass is 19.1. The van der Waals surface area contributed by atoms with E-state index in [-0.39, 0.29) is 23.7 Å². The summed E-state index contributed by atoms with van der Waals surface area (Å²) in [6, 6.07) is 0.812. The molecule has 0 saturated heterocycles. The number of hydrogen-bond acceptors (Lipinski definition) is 4. The third-order valence-corrected chi connectivity index (χ3v) is 2.80. The summed E-state index contributed by atoms with van der Waals surface area (Å²) in [5.41, 5.74) is -0.199. The second-order valence-corrected chi connectivity index (χ2v) is 5.17. The fourth-order valence-corrected chi connectivity index (χ4v) is 1.60. The Bertz CT molecular complexity index is 425. The van der Waals surface area contributed by atoms with E-state index in [0.717, 1.165) is 6.07 Å². The molecule has 0 fully saturated rings. The summed E-state index contributed by atoms with van der Waals surface area (Å²) in [5.74, 6) is -1.38. The Hall–Kier alpha value is -1.43. The normalized spacial score (nSPS) is 11.5. The van der Waals surface area contributed by atoms with Gasteiger partial charge in [-0.05, 0) is 18.8 Å². The summed E-state index contributed by atoms with van der Waals surface area (Å²) in [4.78, 5) is 3.89. The van der Waals surface area contributed by atoms with Gasteiger partial charge in [0.2, 0.25) is 0 Å². The molecule has 1 heterocycles. The van der Waals surface area contributed by atoms with Crippen molar-refractivity contribution in [3.05, 3.63) is 17.7 Å². The van der Waals surface area contributed by atoms with E-state index in [1.54, 1.807) is 0 Å². The van der Waals surface area contributed by atoms with Gasteiger partial charge in [-0.1, -0.05) is 13.8 Å².